The molecule has 1 aromatic rings. The van der Waals surface area contributed by atoms with Crippen LogP contribution in [-0.2, 0) is 10.2 Å². The molecular weight excluding hydrogens is 304 g/mol. The van der Waals surface area contributed by atoms with Gasteiger partial charge in [0.2, 0.25) is 0 Å². The summed E-state index contributed by atoms with van der Waals surface area (Å²) >= 11 is 3.55. The third-order valence-electron chi connectivity index (χ3n) is 6.55. The minimum absolute atomic E-state index is 0.0621. The molecule has 4 rings (SSSR count). The van der Waals surface area contributed by atoms with Crippen molar-refractivity contribution in [3.05, 3.63) is 34.3 Å². The first-order valence-corrected chi connectivity index (χ1v) is 7.85. The Bertz CT molecular complexity index is 580. The summed E-state index contributed by atoms with van der Waals surface area (Å²) in [4.78, 5) is 11.8. The molecule has 3 atom stereocenters. The summed E-state index contributed by atoms with van der Waals surface area (Å²) in [6.45, 7) is 0. The Kier molecular flexibility index (Phi) is 2.16. The molecule has 3 aliphatic carbocycles. The summed E-state index contributed by atoms with van der Waals surface area (Å²) in [6.07, 6.45) is 6.18. The summed E-state index contributed by atoms with van der Waals surface area (Å²) in [6, 6.07) is 8.53. The summed E-state index contributed by atoms with van der Waals surface area (Å²) in [5.41, 5.74) is 1.16. The fraction of sp³-hybridized carbons (Fsp3) is 0.562. The number of benzene rings is 1. The lowest BCUT2D eigenvalue weighted by molar-refractivity contribution is -0.196. The number of hydrogen-bond donors (Lipinski definition) is 1. The lowest BCUT2D eigenvalue weighted by Crippen LogP contribution is -2.65. The predicted octanol–water partition coefficient (Wildman–Crippen LogP) is 4.13. The Morgan fingerprint density at radius 2 is 1.79 bits per heavy atom. The van der Waals surface area contributed by atoms with Crippen molar-refractivity contribution in [1.29, 1.82) is 0 Å². The Morgan fingerprint density at radius 3 is 2.32 bits per heavy atom. The van der Waals surface area contributed by atoms with E-state index in [0.717, 1.165) is 36.6 Å². The van der Waals surface area contributed by atoms with E-state index >= 15 is 0 Å². The average molecular weight is 321 g/mol. The molecule has 3 aliphatic rings. The van der Waals surface area contributed by atoms with E-state index in [2.05, 4.69) is 34.1 Å². The van der Waals surface area contributed by atoms with Crippen molar-refractivity contribution in [2.24, 2.45) is 10.8 Å². The van der Waals surface area contributed by atoms with Gasteiger partial charge >= 0.3 is 5.97 Å². The Labute approximate surface area is 121 Å². The van der Waals surface area contributed by atoms with Gasteiger partial charge in [-0.2, -0.15) is 0 Å². The van der Waals surface area contributed by atoms with E-state index < -0.39 is 11.4 Å². The quantitative estimate of drug-likeness (QED) is 0.889. The van der Waals surface area contributed by atoms with Gasteiger partial charge in [0.1, 0.15) is 0 Å². The highest BCUT2D eigenvalue weighted by molar-refractivity contribution is 9.10. The first kappa shape index (κ1) is 12.0. The van der Waals surface area contributed by atoms with Crippen molar-refractivity contribution in [3.8, 4) is 0 Å². The van der Waals surface area contributed by atoms with Crippen LogP contribution in [-0.4, -0.2) is 11.1 Å². The minimum atomic E-state index is -0.546. The summed E-state index contributed by atoms with van der Waals surface area (Å²) in [7, 11) is 0. The van der Waals surface area contributed by atoms with E-state index in [1.54, 1.807) is 0 Å². The number of hydrogen-bond acceptors (Lipinski definition) is 1. The summed E-state index contributed by atoms with van der Waals surface area (Å²) < 4.78 is 1.11. The predicted molar refractivity (Wildman–Crippen MR) is 76.0 cm³/mol. The average Bonchev–Trinajstić information content (AvgIpc) is 2.43. The molecular formula is C16H17BrO2. The molecule has 0 saturated heterocycles. The fourth-order valence-electron chi connectivity index (χ4n) is 5.44. The zero-order chi connectivity index (χ0) is 13.3. The monoisotopic (exact) mass is 320 g/mol. The molecule has 0 radical (unpaired) electrons. The first-order valence-electron chi connectivity index (χ1n) is 7.06. The first-order chi connectivity index (χ1) is 9.06. The molecule has 3 unspecified atom stereocenters. The third kappa shape index (κ3) is 1.09. The van der Waals surface area contributed by atoms with Crippen LogP contribution in [0.1, 0.15) is 44.1 Å². The Morgan fingerprint density at radius 1 is 1.11 bits per heavy atom. The number of carbonyl (C=O) groups is 1. The zero-order valence-corrected chi connectivity index (χ0v) is 12.4. The van der Waals surface area contributed by atoms with Crippen LogP contribution in [0.3, 0.4) is 0 Å². The molecule has 0 amide bonds. The lowest BCUT2D eigenvalue weighted by atomic mass is 9.35. The van der Waals surface area contributed by atoms with Gasteiger partial charge in [-0.3, -0.25) is 4.79 Å². The number of carboxylic acid groups (broad SMARTS) is 1. The molecule has 100 valence electrons. The number of rotatable bonds is 2. The molecule has 1 spiro atoms. The van der Waals surface area contributed by atoms with Gasteiger partial charge in [-0.05, 0) is 61.6 Å². The minimum Gasteiger partial charge on any atom is -0.481 e. The van der Waals surface area contributed by atoms with Crippen LogP contribution < -0.4 is 0 Å². The van der Waals surface area contributed by atoms with Crippen molar-refractivity contribution in [2.75, 3.05) is 0 Å². The molecule has 3 fully saturated rings. The number of aliphatic carboxylic acids is 1. The van der Waals surface area contributed by atoms with Crippen molar-refractivity contribution in [3.63, 3.8) is 0 Å². The molecule has 0 bridgehead atoms. The summed E-state index contributed by atoms with van der Waals surface area (Å²) in [5, 5.41) is 9.72. The highest BCUT2D eigenvalue weighted by Crippen LogP contribution is 2.82. The third-order valence-corrected chi connectivity index (χ3v) is 7.05. The smallest absolute Gasteiger partial charge is 0.310 e. The van der Waals surface area contributed by atoms with Crippen molar-refractivity contribution < 1.29 is 9.90 Å². The van der Waals surface area contributed by atoms with Crippen LogP contribution in [0.2, 0.25) is 0 Å². The van der Waals surface area contributed by atoms with Gasteiger partial charge in [0.25, 0.3) is 0 Å². The molecule has 3 saturated carbocycles. The topological polar surface area (TPSA) is 37.3 Å². The van der Waals surface area contributed by atoms with Gasteiger partial charge in [0.15, 0.2) is 0 Å². The van der Waals surface area contributed by atoms with E-state index in [0.29, 0.717) is 0 Å². The second kappa shape index (κ2) is 3.43. The van der Waals surface area contributed by atoms with Crippen molar-refractivity contribution in [2.45, 2.75) is 43.9 Å². The maximum absolute atomic E-state index is 11.8. The van der Waals surface area contributed by atoms with Crippen LogP contribution >= 0.6 is 15.9 Å². The molecule has 0 aromatic heterocycles. The molecule has 2 nitrogen and oxygen atoms in total. The van der Waals surface area contributed by atoms with E-state index in [1.165, 1.54) is 12.0 Å². The van der Waals surface area contributed by atoms with Gasteiger partial charge in [0.05, 0.1) is 5.41 Å². The fourth-order valence-corrected chi connectivity index (χ4v) is 5.84. The van der Waals surface area contributed by atoms with Gasteiger partial charge in [-0.25, -0.2) is 0 Å². The van der Waals surface area contributed by atoms with E-state index in [4.69, 9.17) is 0 Å². The van der Waals surface area contributed by atoms with E-state index in [1.807, 2.05) is 6.07 Å². The van der Waals surface area contributed by atoms with Crippen LogP contribution in [0, 0.1) is 10.8 Å². The Balaban J connectivity index is 1.84. The zero-order valence-electron chi connectivity index (χ0n) is 10.8. The van der Waals surface area contributed by atoms with Gasteiger partial charge in [-0.15, -0.1) is 0 Å². The lowest BCUT2D eigenvalue weighted by Gasteiger charge is -2.67. The largest absolute Gasteiger partial charge is 0.481 e. The number of carboxylic acids is 1. The van der Waals surface area contributed by atoms with Crippen molar-refractivity contribution in [1.82, 2.24) is 0 Å². The molecule has 1 N–H and O–H groups in total. The molecule has 1 aromatic carbocycles. The molecule has 0 aliphatic heterocycles. The van der Waals surface area contributed by atoms with Crippen LogP contribution in [0.15, 0.2) is 28.7 Å². The number of halogens is 1. The highest BCUT2D eigenvalue weighted by atomic mass is 79.9. The van der Waals surface area contributed by atoms with E-state index in [9.17, 15) is 9.90 Å². The molecule has 0 heterocycles. The standard InChI is InChI=1S/C16H17BrO2/c17-12-3-1-2-11(10-12)14-4-5-15(13(18)19)7-9-16(14,15)8-6-14/h1-3,10H,4-9H2,(H,18,19). The molecule has 19 heavy (non-hydrogen) atoms. The summed E-state index contributed by atoms with van der Waals surface area (Å²) in [5.74, 6) is -0.546. The second-order valence-electron chi connectivity index (χ2n) is 6.56. The van der Waals surface area contributed by atoms with Gasteiger partial charge < -0.3 is 5.11 Å². The van der Waals surface area contributed by atoms with Gasteiger partial charge in [-0.1, -0.05) is 28.1 Å². The Hall–Kier alpha value is -0.830. The second-order valence-corrected chi connectivity index (χ2v) is 7.48. The maximum Gasteiger partial charge on any atom is 0.310 e. The van der Waals surface area contributed by atoms with Gasteiger partial charge in [0, 0.05) is 9.89 Å². The SMILES string of the molecule is O=C(O)C12CCC3(c4cccc(Br)c4)CCC13CC2. The van der Waals surface area contributed by atoms with E-state index in [-0.39, 0.29) is 10.8 Å². The molecule has 3 heteroatoms. The van der Waals surface area contributed by atoms with Crippen LogP contribution in [0.25, 0.3) is 0 Å². The van der Waals surface area contributed by atoms with Crippen LogP contribution in [0.5, 0.6) is 0 Å². The van der Waals surface area contributed by atoms with Crippen LogP contribution in [0.4, 0.5) is 0 Å². The normalized spacial score (nSPS) is 42.8. The van der Waals surface area contributed by atoms with Crippen molar-refractivity contribution >= 4 is 21.9 Å². The highest BCUT2D eigenvalue weighted by Gasteiger charge is 2.79. The maximum atomic E-state index is 11.8.